The van der Waals surface area contributed by atoms with Crippen molar-refractivity contribution >= 4 is 0 Å². The molecule has 0 radical (unpaired) electrons. The molecule has 2 aromatic carbocycles. The molecule has 0 N–H and O–H groups in total. The zero-order chi connectivity index (χ0) is 19.2. The number of likely N-dealkylation sites (tertiary alicyclic amines) is 1. The van der Waals surface area contributed by atoms with Crippen LogP contribution in [0.25, 0.3) is 0 Å². The standard InChI is InChI=1S/C25H33NO/c1-17-7-9-21(10-8-17)24-25(11-6-12-26(24)5)15-22(16-27-25)23-14-18(2)13-19(3)20(23)4/h7-10,13-14,22,24H,6,11-12,15-16H2,1-5H3. The summed E-state index contributed by atoms with van der Waals surface area (Å²) in [5, 5.41) is 0. The van der Waals surface area contributed by atoms with Crippen molar-refractivity contribution in [3.05, 3.63) is 69.8 Å². The number of piperidine rings is 1. The average Bonchev–Trinajstić information content (AvgIpc) is 3.03. The highest BCUT2D eigenvalue weighted by atomic mass is 16.5. The van der Waals surface area contributed by atoms with Crippen molar-refractivity contribution in [1.29, 1.82) is 0 Å². The van der Waals surface area contributed by atoms with Gasteiger partial charge in [-0.1, -0.05) is 47.5 Å². The minimum absolute atomic E-state index is 0.0585. The second-order valence-electron chi connectivity index (χ2n) is 8.97. The number of benzene rings is 2. The zero-order valence-electron chi connectivity index (χ0n) is 17.5. The summed E-state index contributed by atoms with van der Waals surface area (Å²) in [5.41, 5.74) is 8.38. The minimum Gasteiger partial charge on any atom is -0.372 e. The lowest BCUT2D eigenvalue weighted by atomic mass is 9.75. The summed E-state index contributed by atoms with van der Waals surface area (Å²) in [4.78, 5) is 2.52. The number of hydrogen-bond donors (Lipinski definition) is 0. The van der Waals surface area contributed by atoms with Gasteiger partial charge in [0.2, 0.25) is 0 Å². The second-order valence-corrected chi connectivity index (χ2v) is 8.97. The van der Waals surface area contributed by atoms with Crippen molar-refractivity contribution in [2.45, 2.75) is 64.5 Å². The van der Waals surface area contributed by atoms with E-state index in [1.165, 1.54) is 39.8 Å². The molecule has 27 heavy (non-hydrogen) atoms. The summed E-state index contributed by atoms with van der Waals surface area (Å²) in [6.45, 7) is 10.9. The number of ether oxygens (including phenoxy) is 1. The molecule has 2 heteroatoms. The fraction of sp³-hybridized carbons (Fsp3) is 0.520. The van der Waals surface area contributed by atoms with Crippen LogP contribution in [0.1, 0.15) is 64.6 Å². The van der Waals surface area contributed by atoms with Gasteiger partial charge in [-0.15, -0.1) is 0 Å². The fourth-order valence-corrected chi connectivity index (χ4v) is 5.46. The molecule has 0 amide bonds. The van der Waals surface area contributed by atoms with Crippen LogP contribution in [-0.4, -0.2) is 30.7 Å². The molecular weight excluding hydrogens is 330 g/mol. The molecule has 2 aromatic rings. The summed E-state index contributed by atoms with van der Waals surface area (Å²) in [6.07, 6.45) is 3.51. The second kappa shape index (κ2) is 7.07. The molecule has 4 rings (SSSR count). The Balaban J connectivity index is 1.69. The highest BCUT2D eigenvalue weighted by molar-refractivity contribution is 5.40. The molecular formula is C25H33NO. The van der Waals surface area contributed by atoms with Crippen LogP contribution >= 0.6 is 0 Å². The molecule has 2 aliphatic heterocycles. The van der Waals surface area contributed by atoms with E-state index in [9.17, 15) is 0 Å². The Bertz CT molecular complexity index is 825. The van der Waals surface area contributed by atoms with Crippen molar-refractivity contribution in [1.82, 2.24) is 4.90 Å². The van der Waals surface area contributed by atoms with Crippen LogP contribution in [0, 0.1) is 27.7 Å². The first-order chi connectivity index (χ1) is 12.9. The van der Waals surface area contributed by atoms with Crippen molar-refractivity contribution in [3.8, 4) is 0 Å². The van der Waals surface area contributed by atoms with Crippen LogP contribution in [0.4, 0.5) is 0 Å². The normalized spacial score (nSPS) is 28.8. The summed E-state index contributed by atoms with van der Waals surface area (Å²) >= 11 is 0. The maximum Gasteiger partial charge on any atom is 0.0885 e. The molecule has 2 saturated heterocycles. The lowest BCUT2D eigenvalue weighted by molar-refractivity contribution is -0.0902. The van der Waals surface area contributed by atoms with Gasteiger partial charge in [-0.05, 0) is 82.8 Å². The van der Waals surface area contributed by atoms with E-state index in [4.69, 9.17) is 4.74 Å². The first kappa shape index (κ1) is 18.7. The predicted molar refractivity (Wildman–Crippen MR) is 112 cm³/mol. The van der Waals surface area contributed by atoms with E-state index in [0.29, 0.717) is 12.0 Å². The van der Waals surface area contributed by atoms with Crippen LogP contribution in [0.2, 0.25) is 0 Å². The summed E-state index contributed by atoms with van der Waals surface area (Å²) in [6, 6.07) is 14.1. The van der Waals surface area contributed by atoms with Gasteiger partial charge in [0.05, 0.1) is 18.2 Å². The highest BCUT2D eigenvalue weighted by Gasteiger charge is 2.50. The molecule has 2 aliphatic rings. The molecule has 0 bridgehead atoms. The third-order valence-corrected chi connectivity index (χ3v) is 6.90. The summed E-state index contributed by atoms with van der Waals surface area (Å²) in [5.74, 6) is 0.503. The summed E-state index contributed by atoms with van der Waals surface area (Å²) in [7, 11) is 2.27. The Kier molecular flexibility index (Phi) is 4.90. The van der Waals surface area contributed by atoms with Crippen molar-refractivity contribution in [2.24, 2.45) is 0 Å². The number of likely N-dealkylation sites (N-methyl/N-ethyl adjacent to an activating group) is 1. The monoisotopic (exact) mass is 363 g/mol. The Labute approximate surface area is 164 Å². The number of aryl methyl sites for hydroxylation is 3. The SMILES string of the molecule is Cc1ccc(C2N(C)CCCC23CC(c2cc(C)cc(C)c2C)CO3)cc1. The molecule has 0 aromatic heterocycles. The first-order valence-electron chi connectivity index (χ1n) is 10.4. The van der Waals surface area contributed by atoms with Gasteiger partial charge in [0.15, 0.2) is 0 Å². The first-order valence-corrected chi connectivity index (χ1v) is 10.4. The molecule has 2 nitrogen and oxygen atoms in total. The lowest BCUT2D eigenvalue weighted by Gasteiger charge is -2.46. The van der Waals surface area contributed by atoms with Crippen LogP contribution < -0.4 is 0 Å². The van der Waals surface area contributed by atoms with Crippen molar-refractivity contribution in [2.75, 3.05) is 20.2 Å². The van der Waals surface area contributed by atoms with Gasteiger partial charge in [-0.3, -0.25) is 4.90 Å². The fourth-order valence-electron chi connectivity index (χ4n) is 5.46. The Morgan fingerprint density at radius 1 is 1.00 bits per heavy atom. The van der Waals surface area contributed by atoms with Gasteiger partial charge < -0.3 is 4.74 Å². The van der Waals surface area contributed by atoms with E-state index in [1.54, 1.807) is 0 Å². The zero-order valence-corrected chi connectivity index (χ0v) is 17.5. The minimum atomic E-state index is -0.0585. The van der Waals surface area contributed by atoms with E-state index in [0.717, 1.165) is 26.0 Å². The Morgan fingerprint density at radius 2 is 1.74 bits per heavy atom. The van der Waals surface area contributed by atoms with Crippen LogP contribution in [0.5, 0.6) is 0 Å². The molecule has 0 aliphatic carbocycles. The molecule has 2 heterocycles. The topological polar surface area (TPSA) is 12.5 Å². The third kappa shape index (κ3) is 3.34. The van der Waals surface area contributed by atoms with Gasteiger partial charge in [-0.2, -0.15) is 0 Å². The lowest BCUT2D eigenvalue weighted by Crippen LogP contribution is -2.49. The quantitative estimate of drug-likeness (QED) is 0.685. The third-order valence-electron chi connectivity index (χ3n) is 6.90. The van der Waals surface area contributed by atoms with Crippen molar-refractivity contribution < 1.29 is 4.74 Å². The molecule has 1 spiro atoms. The highest BCUT2D eigenvalue weighted by Crippen LogP contribution is 2.51. The number of hydrogen-bond acceptors (Lipinski definition) is 2. The average molecular weight is 364 g/mol. The van der Waals surface area contributed by atoms with E-state index < -0.39 is 0 Å². The number of rotatable bonds is 2. The van der Waals surface area contributed by atoms with Gasteiger partial charge in [0.25, 0.3) is 0 Å². The van der Waals surface area contributed by atoms with Crippen LogP contribution in [0.3, 0.4) is 0 Å². The van der Waals surface area contributed by atoms with Gasteiger partial charge >= 0.3 is 0 Å². The van der Waals surface area contributed by atoms with E-state index >= 15 is 0 Å². The van der Waals surface area contributed by atoms with E-state index in [1.807, 2.05) is 0 Å². The van der Waals surface area contributed by atoms with E-state index in [-0.39, 0.29) is 5.60 Å². The summed E-state index contributed by atoms with van der Waals surface area (Å²) < 4.78 is 6.71. The Hall–Kier alpha value is -1.64. The maximum atomic E-state index is 6.71. The van der Waals surface area contributed by atoms with E-state index in [2.05, 4.69) is 76.0 Å². The van der Waals surface area contributed by atoms with Gasteiger partial charge in [0, 0.05) is 5.92 Å². The largest absolute Gasteiger partial charge is 0.372 e. The molecule has 144 valence electrons. The van der Waals surface area contributed by atoms with Crippen LogP contribution in [-0.2, 0) is 4.74 Å². The van der Waals surface area contributed by atoms with Crippen molar-refractivity contribution in [3.63, 3.8) is 0 Å². The maximum absolute atomic E-state index is 6.71. The molecule has 3 atom stereocenters. The van der Waals surface area contributed by atoms with Gasteiger partial charge in [-0.25, -0.2) is 0 Å². The smallest absolute Gasteiger partial charge is 0.0885 e. The number of nitrogens with zero attached hydrogens (tertiary/aromatic N) is 1. The molecule has 3 unspecified atom stereocenters. The predicted octanol–water partition coefficient (Wildman–Crippen LogP) is 5.63. The van der Waals surface area contributed by atoms with Crippen LogP contribution in [0.15, 0.2) is 36.4 Å². The molecule has 2 fully saturated rings. The molecule has 0 saturated carbocycles. The van der Waals surface area contributed by atoms with Gasteiger partial charge in [0.1, 0.15) is 0 Å². The Morgan fingerprint density at radius 3 is 2.48 bits per heavy atom.